The maximum Gasteiger partial charge on any atom is 0.416 e. The molecule has 0 saturated carbocycles. The van der Waals surface area contributed by atoms with E-state index in [1.807, 2.05) is 53.6 Å². The predicted molar refractivity (Wildman–Crippen MR) is 158 cm³/mol. The molecule has 41 heavy (non-hydrogen) atoms. The van der Waals surface area contributed by atoms with E-state index in [4.69, 9.17) is 12.2 Å². The van der Waals surface area contributed by atoms with Gasteiger partial charge in [0, 0.05) is 29.0 Å². The molecule has 1 saturated heterocycles. The molecule has 2 atom stereocenters. The highest BCUT2D eigenvalue weighted by atomic mass is 32.2. The zero-order valence-electron chi connectivity index (χ0n) is 22.7. The highest BCUT2D eigenvalue weighted by Gasteiger charge is 2.42. The van der Waals surface area contributed by atoms with Gasteiger partial charge in [-0.05, 0) is 98.7 Å². The smallest absolute Gasteiger partial charge is 0.351 e. The van der Waals surface area contributed by atoms with E-state index in [2.05, 4.69) is 15.0 Å². The van der Waals surface area contributed by atoms with Crippen LogP contribution in [0.3, 0.4) is 0 Å². The van der Waals surface area contributed by atoms with Gasteiger partial charge in [-0.15, -0.1) is 0 Å². The van der Waals surface area contributed by atoms with Crippen LogP contribution in [0, 0.1) is 20.8 Å². The molecule has 0 bridgehead atoms. The fraction of sp³-hybridized carbons (Fsp3) is 0.241. The fourth-order valence-electron chi connectivity index (χ4n) is 5.37. The number of rotatable bonds is 6. The first kappa shape index (κ1) is 28.6. The van der Waals surface area contributed by atoms with E-state index in [0.29, 0.717) is 22.1 Å². The maximum absolute atomic E-state index is 13.5. The molecule has 4 aromatic rings. The van der Waals surface area contributed by atoms with Gasteiger partial charge in [-0.1, -0.05) is 12.1 Å². The van der Waals surface area contributed by atoms with Crippen LogP contribution in [0.5, 0.6) is 0 Å². The van der Waals surface area contributed by atoms with Crippen molar-refractivity contribution in [2.75, 3.05) is 15.9 Å². The first-order valence-corrected chi connectivity index (χ1v) is 15.0. The van der Waals surface area contributed by atoms with Gasteiger partial charge in [0.15, 0.2) is 5.11 Å². The molecule has 5 rings (SSSR count). The highest BCUT2D eigenvalue weighted by Crippen LogP contribution is 2.44. The Bertz CT molecular complexity index is 1740. The summed E-state index contributed by atoms with van der Waals surface area (Å²) in [5.41, 5.74) is 4.69. The van der Waals surface area contributed by atoms with Gasteiger partial charge in [0.05, 0.1) is 35.3 Å². The van der Waals surface area contributed by atoms with E-state index in [-0.39, 0.29) is 6.04 Å². The molecule has 2 N–H and O–H groups in total. The van der Waals surface area contributed by atoms with Crippen LogP contribution in [0.1, 0.15) is 45.9 Å². The largest absolute Gasteiger partial charge is 0.416 e. The molecule has 0 aliphatic carbocycles. The van der Waals surface area contributed by atoms with Crippen molar-refractivity contribution in [3.63, 3.8) is 0 Å². The summed E-state index contributed by atoms with van der Waals surface area (Å²) in [4.78, 5) is 6.52. The van der Waals surface area contributed by atoms with Crippen molar-refractivity contribution in [1.82, 2.24) is 14.9 Å². The average Bonchev–Trinajstić information content (AvgIpc) is 3.39. The van der Waals surface area contributed by atoms with Crippen molar-refractivity contribution in [1.29, 1.82) is 0 Å². The number of halogens is 3. The molecule has 0 amide bonds. The third kappa shape index (κ3) is 5.66. The molecule has 214 valence electrons. The molecule has 12 heteroatoms. The van der Waals surface area contributed by atoms with Gasteiger partial charge in [-0.25, -0.2) is 8.42 Å². The number of thiocarbonyl (C=S) groups is 1. The number of aryl methyl sites for hydroxylation is 2. The van der Waals surface area contributed by atoms with Crippen LogP contribution in [-0.2, 0) is 16.2 Å². The zero-order chi connectivity index (χ0) is 29.7. The average molecular weight is 600 g/mol. The number of aromatic nitrogens is 2. The summed E-state index contributed by atoms with van der Waals surface area (Å²) < 4.78 is 68.6. The van der Waals surface area contributed by atoms with Gasteiger partial charge < -0.3 is 14.8 Å². The summed E-state index contributed by atoms with van der Waals surface area (Å²) in [6.45, 7) is 5.53. The first-order chi connectivity index (χ1) is 19.2. The Balaban J connectivity index is 1.65. The summed E-state index contributed by atoms with van der Waals surface area (Å²) in [5, 5.41) is 3.83. The monoisotopic (exact) mass is 599 g/mol. The summed E-state index contributed by atoms with van der Waals surface area (Å²) in [6, 6.07) is 17.4. The molecule has 1 fully saturated rings. The molecule has 7 nitrogen and oxygen atoms in total. The first-order valence-electron chi connectivity index (χ1n) is 12.7. The Labute approximate surface area is 242 Å². The molecule has 0 spiro atoms. The van der Waals surface area contributed by atoms with E-state index >= 15 is 0 Å². The molecular weight excluding hydrogens is 571 g/mol. The Morgan fingerprint density at radius 2 is 1.73 bits per heavy atom. The van der Waals surface area contributed by atoms with Crippen molar-refractivity contribution in [3.05, 3.63) is 107 Å². The van der Waals surface area contributed by atoms with Gasteiger partial charge in [0.25, 0.3) is 0 Å². The molecule has 2 aromatic heterocycles. The Hall–Kier alpha value is -3.90. The van der Waals surface area contributed by atoms with E-state index in [1.165, 1.54) is 6.07 Å². The number of nitrogens with one attached hydrogen (secondary N) is 2. The van der Waals surface area contributed by atoms with Gasteiger partial charge in [-0.3, -0.25) is 9.71 Å². The lowest BCUT2D eigenvalue weighted by atomic mass is 9.96. The van der Waals surface area contributed by atoms with Crippen LogP contribution in [-0.4, -0.2) is 29.3 Å². The Kier molecular flexibility index (Phi) is 7.33. The van der Waals surface area contributed by atoms with Crippen molar-refractivity contribution < 1.29 is 21.6 Å². The maximum atomic E-state index is 13.5. The van der Waals surface area contributed by atoms with Gasteiger partial charge in [-0.2, -0.15) is 13.2 Å². The summed E-state index contributed by atoms with van der Waals surface area (Å²) >= 11 is 5.82. The normalized spacial score (nSPS) is 17.5. The molecule has 3 heterocycles. The van der Waals surface area contributed by atoms with E-state index in [1.54, 1.807) is 31.3 Å². The number of anilines is 2. The zero-order valence-corrected chi connectivity index (χ0v) is 24.3. The van der Waals surface area contributed by atoms with Gasteiger partial charge in [0.2, 0.25) is 10.0 Å². The summed E-state index contributed by atoms with van der Waals surface area (Å²) in [6.07, 6.45) is -1.68. The SMILES string of the molecule is Cc1cc(N2C(=S)N[C@H](c3ccccn3)[C@@H]2c2cc(C)n(-c3cccc(C(F)(F)F)c3)c2C)ccc1NS(C)(=O)=O. The van der Waals surface area contributed by atoms with Crippen molar-refractivity contribution in [2.45, 2.75) is 39.0 Å². The third-order valence-corrected chi connectivity index (χ3v) is 8.01. The minimum Gasteiger partial charge on any atom is -0.351 e. The van der Waals surface area contributed by atoms with Crippen LogP contribution in [0.4, 0.5) is 24.5 Å². The van der Waals surface area contributed by atoms with Crippen LogP contribution in [0.15, 0.2) is 72.9 Å². The highest BCUT2D eigenvalue weighted by molar-refractivity contribution is 7.92. The standard InChI is InChI=1S/C29H28F3N5O2S2/c1-17-14-22(11-12-24(17)35-41(4,38)39)37-27(26(34-28(37)40)25-10-5-6-13-33-25)23-15-18(2)36(19(23)3)21-9-7-8-20(16-21)29(30,31)32/h5-16,26-27,35H,1-4H3,(H,34,40)/t26-,27+/m1/s1. The minimum atomic E-state index is -4.47. The lowest BCUT2D eigenvalue weighted by molar-refractivity contribution is -0.137. The van der Waals surface area contributed by atoms with Crippen LogP contribution < -0.4 is 14.9 Å². The molecular formula is C29H28F3N5O2S2. The third-order valence-electron chi connectivity index (χ3n) is 7.10. The Morgan fingerprint density at radius 1 is 0.976 bits per heavy atom. The number of nitrogens with zero attached hydrogens (tertiary/aromatic N) is 3. The van der Waals surface area contributed by atoms with Crippen molar-refractivity contribution >= 4 is 38.7 Å². The topological polar surface area (TPSA) is 79.3 Å². The second-order valence-corrected chi connectivity index (χ2v) is 12.2. The number of hydrogen-bond acceptors (Lipinski definition) is 4. The second kappa shape index (κ2) is 10.5. The van der Waals surface area contributed by atoms with E-state index in [0.717, 1.165) is 46.7 Å². The molecule has 0 radical (unpaired) electrons. The lowest BCUT2D eigenvalue weighted by Gasteiger charge is -2.29. The number of sulfonamides is 1. The van der Waals surface area contributed by atoms with Crippen LogP contribution in [0.2, 0.25) is 0 Å². The van der Waals surface area contributed by atoms with E-state index in [9.17, 15) is 21.6 Å². The summed E-state index contributed by atoms with van der Waals surface area (Å²) in [7, 11) is -3.47. The Morgan fingerprint density at radius 3 is 2.37 bits per heavy atom. The van der Waals surface area contributed by atoms with Gasteiger partial charge in [0.1, 0.15) is 0 Å². The quantitative estimate of drug-likeness (QED) is 0.251. The molecule has 2 aromatic carbocycles. The molecule has 1 aliphatic rings. The second-order valence-electron chi connectivity index (χ2n) is 10.1. The lowest BCUT2D eigenvalue weighted by Crippen LogP contribution is -2.29. The van der Waals surface area contributed by atoms with E-state index < -0.39 is 27.8 Å². The summed E-state index contributed by atoms with van der Waals surface area (Å²) in [5.74, 6) is 0. The van der Waals surface area contributed by atoms with Crippen LogP contribution >= 0.6 is 12.2 Å². The fourth-order valence-corrected chi connectivity index (χ4v) is 6.34. The predicted octanol–water partition coefficient (Wildman–Crippen LogP) is 6.36. The molecule has 1 aliphatic heterocycles. The minimum absolute atomic E-state index is 0.367. The van der Waals surface area contributed by atoms with Crippen LogP contribution in [0.25, 0.3) is 5.69 Å². The van der Waals surface area contributed by atoms with Crippen molar-refractivity contribution in [2.24, 2.45) is 0 Å². The number of hydrogen-bond donors (Lipinski definition) is 2. The number of alkyl halides is 3. The number of benzene rings is 2. The van der Waals surface area contributed by atoms with Crippen molar-refractivity contribution in [3.8, 4) is 5.69 Å². The number of pyridine rings is 1. The molecule has 0 unspecified atom stereocenters. The van der Waals surface area contributed by atoms with Gasteiger partial charge >= 0.3 is 6.18 Å².